The van der Waals surface area contributed by atoms with Crippen LogP contribution in [-0.4, -0.2) is 5.91 Å². The topological polar surface area (TPSA) is 29.1 Å². The quantitative estimate of drug-likeness (QED) is 0.757. The summed E-state index contributed by atoms with van der Waals surface area (Å²) in [7, 11) is 0. The summed E-state index contributed by atoms with van der Waals surface area (Å²) in [6.07, 6.45) is 9.81. The minimum Gasteiger partial charge on any atom is -0.313 e. The van der Waals surface area contributed by atoms with Gasteiger partial charge in [0.2, 0.25) is 0 Å². The lowest BCUT2D eigenvalue weighted by atomic mass is 9.84. The van der Waals surface area contributed by atoms with Gasteiger partial charge in [0.15, 0.2) is 0 Å². The Morgan fingerprint density at radius 2 is 2.28 bits per heavy atom. The first kappa shape index (κ1) is 12.0. The third-order valence-electron chi connectivity index (χ3n) is 4.26. The molecule has 3 rings (SSSR count). The van der Waals surface area contributed by atoms with Crippen LogP contribution < -0.4 is 5.32 Å². The Labute approximate surface area is 113 Å². The molecule has 3 heteroatoms. The van der Waals surface area contributed by atoms with E-state index in [1.165, 1.54) is 17.6 Å². The molecule has 0 bridgehead atoms. The van der Waals surface area contributed by atoms with E-state index in [2.05, 4.69) is 18.3 Å². The van der Waals surface area contributed by atoms with Gasteiger partial charge in [0.25, 0.3) is 5.91 Å². The van der Waals surface area contributed by atoms with Gasteiger partial charge in [-0.1, -0.05) is 31.0 Å². The lowest BCUT2D eigenvalue weighted by Gasteiger charge is -2.20. The van der Waals surface area contributed by atoms with Crippen molar-refractivity contribution in [3.63, 3.8) is 0 Å². The first-order valence-corrected chi connectivity index (χ1v) is 7.21. The van der Waals surface area contributed by atoms with Gasteiger partial charge in [-0.25, -0.2) is 0 Å². The highest BCUT2D eigenvalue weighted by molar-refractivity contribution is 6.31. The molecule has 1 heterocycles. The fourth-order valence-electron chi connectivity index (χ4n) is 3.63. The van der Waals surface area contributed by atoms with Crippen molar-refractivity contribution in [3.05, 3.63) is 34.0 Å². The minimum atomic E-state index is 0.0255. The molecule has 2 atom stereocenters. The van der Waals surface area contributed by atoms with E-state index in [0.717, 1.165) is 31.3 Å². The standard InChI is InChI=1S/C15H18ClNO/c1-2-4-9-7-10-5-3-6-11-8-12(16)17-15(18)14(9)13(10)11/h6,8-10H,2-5,7H2,1H3,(H,17,18). The third-order valence-corrected chi connectivity index (χ3v) is 4.47. The van der Waals surface area contributed by atoms with E-state index < -0.39 is 0 Å². The predicted octanol–water partition coefficient (Wildman–Crippen LogP) is 3.65. The SMILES string of the molecule is CCCC1CC2CCC=C3C=C(Cl)NC(=O)C1=C32. The molecule has 2 nitrogen and oxygen atoms in total. The number of carbonyl (C=O) groups excluding carboxylic acids is 1. The highest BCUT2D eigenvalue weighted by atomic mass is 35.5. The third kappa shape index (κ3) is 1.83. The molecule has 1 aliphatic heterocycles. The normalized spacial score (nSPS) is 30.4. The number of amides is 1. The molecule has 1 amide bonds. The Morgan fingerprint density at radius 3 is 3.06 bits per heavy atom. The van der Waals surface area contributed by atoms with E-state index in [1.54, 1.807) is 0 Å². The molecule has 2 unspecified atom stereocenters. The second-order valence-electron chi connectivity index (χ2n) is 5.43. The average molecular weight is 264 g/mol. The Balaban J connectivity index is 2.09. The number of halogens is 1. The maximum absolute atomic E-state index is 12.3. The number of carbonyl (C=O) groups is 1. The molecule has 0 aromatic carbocycles. The van der Waals surface area contributed by atoms with Crippen molar-refractivity contribution in [2.75, 3.05) is 0 Å². The van der Waals surface area contributed by atoms with Crippen LogP contribution in [0.3, 0.4) is 0 Å². The molecule has 1 N–H and O–H groups in total. The molecule has 0 fully saturated rings. The van der Waals surface area contributed by atoms with Gasteiger partial charge in [-0.15, -0.1) is 0 Å². The zero-order chi connectivity index (χ0) is 12.7. The lowest BCUT2D eigenvalue weighted by Crippen LogP contribution is -2.24. The van der Waals surface area contributed by atoms with Crippen LogP contribution in [0, 0.1) is 11.8 Å². The molecule has 0 radical (unpaired) electrons. The van der Waals surface area contributed by atoms with Crippen LogP contribution in [0.2, 0.25) is 0 Å². The number of hydrogen-bond donors (Lipinski definition) is 1. The van der Waals surface area contributed by atoms with E-state index in [4.69, 9.17) is 11.6 Å². The molecular weight excluding hydrogens is 246 g/mol. The molecule has 18 heavy (non-hydrogen) atoms. The summed E-state index contributed by atoms with van der Waals surface area (Å²) in [5.41, 5.74) is 3.48. The van der Waals surface area contributed by atoms with Crippen molar-refractivity contribution in [1.29, 1.82) is 0 Å². The fraction of sp³-hybridized carbons (Fsp3) is 0.533. The highest BCUT2D eigenvalue weighted by Crippen LogP contribution is 2.48. The number of allylic oxidation sites excluding steroid dienone is 4. The van der Waals surface area contributed by atoms with Crippen LogP contribution >= 0.6 is 11.6 Å². The summed E-state index contributed by atoms with van der Waals surface area (Å²) in [4.78, 5) is 12.3. The molecule has 3 aliphatic rings. The zero-order valence-electron chi connectivity index (χ0n) is 10.6. The van der Waals surface area contributed by atoms with E-state index in [0.29, 0.717) is 17.0 Å². The summed E-state index contributed by atoms with van der Waals surface area (Å²) in [5, 5.41) is 3.26. The molecule has 0 aromatic heterocycles. The summed E-state index contributed by atoms with van der Waals surface area (Å²) in [5.74, 6) is 1.02. The summed E-state index contributed by atoms with van der Waals surface area (Å²) < 4.78 is 0. The maximum atomic E-state index is 12.3. The van der Waals surface area contributed by atoms with Gasteiger partial charge in [-0.05, 0) is 54.7 Å². The second kappa shape index (κ2) is 4.58. The monoisotopic (exact) mass is 263 g/mol. The Bertz CT molecular complexity index is 487. The van der Waals surface area contributed by atoms with Gasteiger partial charge in [-0.2, -0.15) is 0 Å². The lowest BCUT2D eigenvalue weighted by molar-refractivity contribution is -0.117. The Kier molecular flexibility index (Phi) is 3.06. The van der Waals surface area contributed by atoms with Crippen LogP contribution in [0.4, 0.5) is 0 Å². The van der Waals surface area contributed by atoms with Gasteiger partial charge in [-0.3, -0.25) is 4.79 Å². The molecule has 0 saturated carbocycles. The van der Waals surface area contributed by atoms with Gasteiger partial charge in [0, 0.05) is 5.57 Å². The van der Waals surface area contributed by atoms with Gasteiger partial charge in [0.05, 0.1) is 0 Å². The van der Waals surface area contributed by atoms with Crippen LogP contribution in [-0.2, 0) is 4.79 Å². The number of hydrogen-bond acceptors (Lipinski definition) is 1. The van der Waals surface area contributed by atoms with Crippen LogP contribution in [0.15, 0.2) is 34.0 Å². The fourth-order valence-corrected chi connectivity index (χ4v) is 3.83. The first-order valence-electron chi connectivity index (χ1n) is 6.83. The van der Waals surface area contributed by atoms with Gasteiger partial charge < -0.3 is 5.32 Å². The first-order chi connectivity index (χ1) is 8.70. The van der Waals surface area contributed by atoms with Crippen molar-refractivity contribution in [3.8, 4) is 0 Å². The van der Waals surface area contributed by atoms with Crippen molar-refractivity contribution >= 4 is 17.5 Å². The second-order valence-corrected chi connectivity index (χ2v) is 5.84. The average Bonchev–Trinajstić information content (AvgIpc) is 2.61. The van der Waals surface area contributed by atoms with Crippen molar-refractivity contribution in [1.82, 2.24) is 5.32 Å². The van der Waals surface area contributed by atoms with Crippen molar-refractivity contribution in [2.24, 2.45) is 11.8 Å². The van der Waals surface area contributed by atoms with Crippen molar-refractivity contribution < 1.29 is 4.79 Å². The molecule has 2 aliphatic carbocycles. The smallest absolute Gasteiger partial charge is 0.252 e. The van der Waals surface area contributed by atoms with Crippen molar-refractivity contribution in [2.45, 2.75) is 39.0 Å². The molecule has 0 saturated heterocycles. The summed E-state index contributed by atoms with van der Waals surface area (Å²) in [6, 6.07) is 0. The van der Waals surface area contributed by atoms with Crippen LogP contribution in [0.1, 0.15) is 39.0 Å². The molecule has 0 spiro atoms. The summed E-state index contributed by atoms with van der Waals surface area (Å²) in [6.45, 7) is 2.18. The van der Waals surface area contributed by atoms with Crippen LogP contribution in [0.25, 0.3) is 0 Å². The maximum Gasteiger partial charge on any atom is 0.252 e. The summed E-state index contributed by atoms with van der Waals surface area (Å²) >= 11 is 6.06. The van der Waals surface area contributed by atoms with Gasteiger partial charge >= 0.3 is 0 Å². The molecule has 96 valence electrons. The number of rotatable bonds is 2. The van der Waals surface area contributed by atoms with E-state index >= 15 is 0 Å². The van der Waals surface area contributed by atoms with E-state index in [9.17, 15) is 4.79 Å². The minimum absolute atomic E-state index is 0.0255. The molecular formula is C15H18ClNO. The zero-order valence-corrected chi connectivity index (χ0v) is 11.4. The Morgan fingerprint density at radius 1 is 1.44 bits per heavy atom. The highest BCUT2D eigenvalue weighted by Gasteiger charge is 2.39. The largest absolute Gasteiger partial charge is 0.313 e. The van der Waals surface area contributed by atoms with E-state index in [-0.39, 0.29) is 5.91 Å². The van der Waals surface area contributed by atoms with Crippen LogP contribution in [0.5, 0.6) is 0 Å². The van der Waals surface area contributed by atoms with E-state index in [1.807, 2.05) is 6.08 Å². The Hall–Kier alpha value is -1.02. The van der Waals surface area contributed by atoms with Gasteiger partial charge in [0.1, 0.15) is 5.16 Å². The number of nitrogens with one attached hydrogen (secondary N) is 1. The predicted molar refractivity (Wildman–Crippen MR) is 72.9 cm³/mol. The molecule has 0 aromatic rings.